The molecule has 7 nitrogen and oxygen atoms in total. The SMILES string of the molecule is COc1ccc(/C=C/C(=O)NC(C)C(=O)N2CCN(C(=O)c3cc(Cl)cc(Cl)c3)CC2)cc1. The van der Waals surface area contributed by atoms with Crippen LogP contribution in [0.5, 0.6) is 5.75 Å². The number of hydrogen-bond acceptors (Lipinski definition) is 4. The van der Waals surface area contributed by atoms with Gasteiger partial charge in [0.15, 0.2) is 0 Å². The smallest absolute Gasteiger partial charge is 0.254 e. The van der Waals surface area contributed by atoms with Crippen LogP contribution in [0.3, 0.4) is 0 Å². The van der Waals surface area contributed by atoms with Crippen LogP contribution < -0.4 is 10.1 Å². The molecule has 0 aromatic heterocycles. The van der Waals surface area contributed by atoms with Crippen LogP contribution in [-0.2, 0) is 9.59 Å². The fourth-order valence-corrected chi connectivity index (χ4v) is 4.00. The van der Waals surface area contributed by atoms with Crippen LogP contribution in [0, 0.1) is 0 Å². The molecule has 0 radical (unpaired) electrons. The highest BCUT2D eigenvalue weighted by molar-refractivity contribution is 6.35. The van der Waals surface area contributed by atoms with Crippen molar-refractivity contribution >= 4 is 47.0 Å². The van der Waals surface area contributed by atoms with Crippen LogP contribution in [-0.4, -0.2) is 66.9 Å². The van der Waals surface area contributed by atoms with E-state index in [0.717, 1.165) is 11.3 Å². The highest BCUT2D eigenvalue weighted by Gasteiger charge is 2.28. The van der Waals surface area contributed by atoms with E-state index >= 15 is 0 Å². The molecule has 2 aromatic rings. The van der Waals surface area contributed by atoms with Crippen molar-refractivity contribution in [2.24, 2.45) is 0 Å². The van der Waals surface area contributed by atoms with Gasteiger partial charge >= 0.3 is 0 Å². The highest BCUT2D eigenvalue weighted by Crippen LogP contribution is 2.21. The van der Waals surface area contributed by atoms with Gasteiger partial charge in [-0.3, -0.25) is 14.4 Å². The number of carbonyl (C=O) groups is 3. The molecule has 1 aliphatic heterocycles. The zero-order chi connectivity index (χ0) is 24.0. The Morgan fingerprint density at radius 2 is 1.55 bits per heavy atom. The van der Waals surface area contributed by atoms with Crippen molar-refractivity contribution < 1.29 is 19.1 Å². The van der Waals surface area contributed by atoms with E-state index < -0.39 is 6.04 Å². The van der Waals surface area contributed by atoms with Gasteiger partial charge in [0.25, 0.3) is 5.91 Å². The van der Waals surface area contributed by atoms with Gasteiger partial charge < -0.3 is 19.9 Å². The summed E-state index contributed by atoms with van der Waals surface area (Å²) in [5.41, 5.74) is 1.25. The number of rotatable bonds is 6. The Balaban J connectivity index is 1.49. The maximum Gasteiger partial charge on any atom is 0.254 e. The Hall–Kier alpha value is -3.03. The van der Waals surface area contributed by atoms with Gasteiger partial charge in [-0.25, -0.2) is 0 Å². The topological polar surface area (TPSA) is 79.0 Å². The minimum Gasteiger partial charge on any atom is -0.497 e. The Bertz CT molecular complexity index is 1030. The van der Waals surface area contributed by atoms with Crippen LogP contribution in [0.15, 0.2) is 48.5 Å². The van der Waals surface area contributed by atoms with E-state index in [1.165, 1.54) is 6.08 Å². The van der Waals surface area contributed by atoms with E-state index in [1.54, 1.807) is 60.2 Å². The van der Waals surface area contributed by atoms with Gasteiger partial charge in [-0.15, -0.1) is 0 Å². The molecule has 0 bridgehead atoms. The number of nitrogens with one attached hydrogen (secondary N) is 1. The third-order valence-electron chi connectivity index (χ3n) is 5.26. The maximum atomic E-state index is 12.7. The van der Waals surface area contributed by atoms with E-state index in [4.69, 9.17) is 27.9 Å². The van der Waals surface area contributed by atoms with Crippen molar-refractivity contribution in [3.8, 4) is 5.75 Å². The molecule has 1 atom stereocenters. The summed E-state index contributed by atoms with van der Waals surface area (Å²) in [5.74, 6) is -0.0112. The fraction of sp³-hybridized carbons (Fsp3) is 0.292. The summed E-state index contributed by atoms with van der Waals surface area (Å²) in [6.07, 6.45) is 3.05. The molecule has 174 valence electrons. The first-order valence-corrected chi connectivity index (χ1v) is 11.2. The number of amides is 3. The predicted molar refractivity (Wildman–Crippen MR) is 129 cm³/mol. The summed E-state index contributed by atoms with van der Waals surface area (Å²) in [6.45, 7) is 3.16. The molecule has 2 aromatic carbocycles. The molecule has 1 N–H and O–H groups in total. The highest BCUT2D eigenvalue weighted by atomic mass is 35.5. The second-order valence-electron chi connectivity index (χ2n) is 7.61. The lowest BCUT2D eigenvalue weighted by atomic mass is 10.1. The quantitative estimate of drug-likeness (QED) is 0.629. The molecule has 3 amide bonds. The summed E-state index contributed by atoms with van der Waals surface area (Å²) >= 11 is 12.0. The number of carbonyl (C=O) groups excluding carboxylic acids is 3. The minimum absolute atomic E-state index is 0.184. The first kappa shape index (κ1) is 24.6. The van der Waals surface area contributed by atoms with Gasteiger partial charge in [0, 0.05) is 47.9 Å². The molecule has 1 aliphatic rings. The average Bonchev–Trinajstić information content (AvgIpc) is 2.81. The van der Waals surface area contributed by atoms with Crippen LogP contribution in [0.2, 0.25) is 10.0 Å². The standard InChI is InChI=1S/C24H25Cl2N3O4/c1-16(27-22(30)8-5-17-3-6-21(33-2)7-4-17)23(31)28-9-11-29(12-10-28)24(32)18-13-19(25)15-20(26)14-18/h3-8,13-16H,9-12H2,1-2H3,(H,27,30)/b8-5+. The van der Waals surface area contributed by atoms with Gasteiger partial charge in [-0.2, -0.15) is 0 Å². The van der Waals surface area contributed by atoms with Crippen LogP contribution in [0.25, 0.3) is 6.08 Å². The molecule has 9 heteroatoms. The molecule has 1 heterocycles. The van der Waals surface area contributed by atoms with Gasteiger partial charge in [0.05, 0.1) is 7.11 Å². The molecular formula is C24H25Cl2N3O4. The van der Waals surface area contributed by atoms with E-state index in [0.29, 0.717) is 41.8 Å². The molecule has 0 aliphatic carbocycles. The first-order valence-electron chi connectivity index (χ1n) is 10.4. The number of hydrogen-bond donors (Lipinski definition) is 1. The first-order chi connectivity index (χ1) is 15.8. The number of halogens is 2. The van der Waals surface area contributed by atoms with E-state index in [1.807, 2.05) is 12.1 Å². The van der Waals surface area contributed by atoms with Crippen molar-refractivity contribution in [1.29, 1.82) is 0 Å². The zero-order valence-corrected chi connectivity index (χ0v) is 19.9. The Labute approximate surface area is 202 Å². The summed E-state index contributed by atoms with van der Waals surface area (Å²) in [6, 6.07) is 11.3. The Morgan fingerprint density at radius 3 is 2.12 bits per heavy atom. The lowest BCUT2D eigenvalue weighted by Gasteiger charge is -2.36. The normalized spacial score (nSPS) is 14.8. The summed E-state index contributed by atoms with van der Waals surface area (Å²) in [5, 5.41) is 3.48. The number of methoxy groups -OCH3 is 1. The van der Waals surface area contributed by atoms with Crippen LogP contribution >= 0.6 is 23.2 Å². The van der Waals surface area contributed by atoms with Crippen molar-refractivity contribution in [2.45, 2.75) is 13.0 Å². The number of ether oxygens (including phenoxy) is 1. The fourth-order valence-electron chi connectivity index (χ4n) is 3.47. The van der Waals surface area contributed by atoms with Crippen molar-refractivity contribution in [3.63, 3.8) is 0 Å². The molecule has 0 saturated carbocycles. The van der Waals surface area contributed by atoms with Crippen molar-refractivity contribution in [1.82, 2.24) is 15.1 Å². The number of piperazine rings is 1. The third kappa shape index (κ3) is 6.73. The van der Waals surface area contributed by atoms with E-state index in [-0.39, 0.29) is 17.7 Å². The van der Waals surface area contributed by atoms with Gasteiger partial charge in [-0.05, 0) is 48.9 Å². The summed E-state index contributed by atoms with van der Waals surface area (Å²) in [4.78, 5) is 41.0. The van der Waals surface area contributed by atoms with Crippen molar-refractivity contribution in [2.75, 3.05) is 33.3 Å². The number of nitrogens with zero attached hydrogens (tertiary/aromatic N) is 2. The largest absolute Gasteiger partial charge is 0.497 e. The van der Waals surface area contributed by atoms with Gasteiger partial charge in [0.1, 0.15) is 11.8 Å². The Kier molecular flexibility index (Phi) is 8.36. The monoisotopic (exact) mass is 489 g/mol. The number of benzene rings is 2. The Morgan fingerprint density at radius 1 is 0.970 bits per heavy atom. The average molecular weight is 490 g/mol. The lowest BCUT2D eigenvalue weighted by molar-refractivity contribution is -0.136. The van der Waals surface area contributed by atoms with Crippen LogP contribution in [0.4, 0.5) is 0 Å². The predicted octanol–water partition coefficient (Wildman–Crippen LogP) is 3.50. The summed E-state index contributed by atoms with van der Waals surface area (Å²) in [7, 11) is 1.59. The zero-order valence-electron chi connectivity index (χ0n) is 18.4. The van der Waals surface area contributed by atoms with Crippen molar-refractivity contribution in [3.05, 3.63) is 69.7 Å². The third-order valence-corrected chi connectivity index (χ3v) is 5.70. The second-order valence-corrected chi connectivity index (χ2v) is 8.49. The minimum atomic E-state index is -0.688. The molecular weight excluding hydrogens is 465 g/mol. The molecule has 0 spiro atoms. The molecule has 1 fully saturated rings. The van der Waals surface area contributed by atoms with E-state index in [9.17, 15) is 14.4 Å². The lowest BCUT2D eigenvalue weighted by Crippen LogP contribution is -2.55. The van der Waals surface area contributed by atoms with E-state index in [2.05, 4.69) is 5.32 Å². The second kappa shape index (κ2) is 11.2. The maximum absolute atomic E-state index is 12.7. The molecule has 1 saturated heterocycles. The molecule has 3 rings (SSSR count). The summed E-state index contributed by atoms with van der Waals surface area (Å²) < 4.78 is 5.11. The molecule has 1 unspecified atom stereocenters. The molecule has 33 heavy (non-hydrogen) atoms. The van der Waals surface area contributed by atoms with Gasteiger partial charge in [0.2, 0.25) is 11.8 Å². The van der Waals surface area contributed by atoms with Gasteiger partial charge in [-0.1, -0.05) is 35.3 Å². The van der Waals surface area contributed by atoms with Crippen LogP contribution in [0.1, 0.15) is 22.8 Å².